The van der Waals surface area contributed by atoms with Gasteiger partial charge in [-0.25, -0.2) is 0 Å². The Balaban J connectivity index is 3.45. The molecule has 0 fully saturated rings. The van der Waals surface area contributed by atoms with Crippen molar-refractivity contribution in [3.05, 3.63) is 0 Å². The molecule has 0 aliphatic carbocycles. The summed E-state index contributed by atoms with van der Waals surface area (Å²) in [5.74, 6) is 0.137. The van der Waals surface area contributed by atoms with Crippen LogP contribution in [0.5, 0.6) is 0 Å². The van der Waals surface area contributed by atoms with E-state index in [2.05, 4.69) is 18.7 Å². The first-order valence-electron chi connectivity index (χ1n) is 4.00. The maximum atomic E-state index is 10.8. The molecule has 2 N–H and O–H groups in total. The van der Waals surface area contributed by atoms with E-state index in [1.165, 1.54) is 0 Å². The van der Waals surface area contributed by atoms with Gasteiger partial charge in [0.25, 0.3) is 0 Å². The van der Waals surface area contributed by atoms with Gasteiger partial charge in [-0.15, -0.1) is 0 Å². The van der Waals surface area contributed by atoms with Crippen LogP contribution < -0.4 is 5.73 Å². The number of ketones is 1. The van der Waals surface area contributed by atoms with E-state index in [4.69, 9.17) is 5.73 Å². The first-order chi connectivity index (χ1) is 5.07. The lowest BCUT2D eigenvalue weighted by molar-refractivity contribution is -0.118. The standard InChI is InChI=1S/C8H18N2O/c1-7(2)10(3)5-4-8(11)6-9/h7H,4-6,9H2,1-3H3. The molecule has 0 aromatic rings. The van der Waals surface area contributed by atoms with Crippen LogP contribution in [0.25, 0.3) is 0 Å². The SMILES string of the molecule is CC(C)N(C)CCC(=O)CN. The van der Waals surface area contributed by atoms with E-state index in [-0.39, 0.29) is 12.3 Å². The molecule has 0 amide bonds. The van der Waals surface area contributed by atoms with Gasteiger partial charge in [0, 0.05) is 19.0 Å². The summed E-state index contributed by atoms with van der Waals surface area (Å²) in [4.78, 5) is 12.9. The smallest absolute Gasteiger partial charge is 0.147 e. The largest absolute Gasteiger partial charge is 0.324 e. The number of rotatable bonds is 5. The quantitative estimate of drug-likeness (QED) is 0.623. The van der Waals surface area contributed by atoms with Crippen molar-refractivity contribution in [1.29, 1.82) is 0 Å². The van der Waals surface area contributed by atoms with Gasteiger partial charge in [-0.05, 0) is 20.9 Å². The summed E-state index contributed by atoms with van der Waals surface area (Å²) in [5.41, 5.74) is 5.17. The zero-order valence-corrected chi connectivity index (χ0v) is 7.63. The summed E-state index contributed by atoms with van der Waals surface area (Å²) >= 11 is 0. The molecule has 0 aliphatic heterocycles. The Kier molecular flexibility index (Phi) is 5.07. The molecule has 0 radical (unpaired) electrons. The zero-order valence-electron chi connectivity index (χ0n) is 7.63. The van der Waals surface area contributed by atoms with Crippen molar-refractivity contribution in [1.82, 2.24) is 4.90 Å². The monoisotopic (exact) mass is 158 g/mol. The second kappa shape index (κ2) is 5.27. The van der Waals surface area contributed by atoms with Gasteiger partial charge in [0.15, 0.2) is 0 Å². The lowest BCUT2D eigenvalue weighted by atomic mass is 10.2. The maximum absolute atomic E-state index is 10.8. The first-order valence-corrected chi connectivity index (χ1v) is 4.00. The van der Waals surface area contributed by atoms with Crippen LogP contribution in [0, 0.1) is 0 Å². The highest BCUT2D eigenvalue weighted by Crippen LogP contribution is 1.94. The van der Waals surface area contributed by atoms with Crippen molar-refractivity contribution in [2.75, 3.05) is 20.1 Å². The fourth-order valence-electron chi connectivity index (χ4n) is 0.661. The molecular weight excluding hydrogens is 140 g/mol. The van der Waals surface area contributed by atoms with Crippen LogP contribution in [-0.4, -0.2) is 36.9 Å². The van der Waals surface area contributed by atoms with E-state index in [1.807, 2.05) is 7.05 Å². The molecule has 3 heteroatoms. The molecule has 0 aromatic carbocycles. The second-order valence-electron chi connectivity index (χ2n) is 3.07. The third-order valence-electron chi connectivity index (χ3n) is 1.85. The zero-order chi connectivity index (χ0) is 8.85. The minimum absolute atomic E-state index is 0.137. The topological polar surface area (TPSA) is 46.3 Å². The molecule has 0 aliphatic rings. The third kappa shape index (κ3) is 4.93. The number of nitrogens with two attached hydrogens (primary N) is 1. The number of hydrogen-bond donors (Lipinski definition) is 1. The predicted octanol–water partition coefficient (Wildman–Crippen LogP) is 0.244. The molecule has 66 valence electrons. The molecule has 0 heterocycles. The van der Waals surface area contributed by atoms with Gasteiger partial charge >= 0.3 is 0 Å². The summed E-state index contributed by atoms with van der Waals surface area (Å²) in [6.07, 6.45) is 0.575. The number of carbonyl (C=O) groups excluding carboxylic acids is 1. The lowest BCUT2D eigenvalue weighted by Gasteiger charge is -2.19. The van der Waals surface area contributed by atoms with Crippen LogP contribution in [0.1, 0.15) is 20.3 Å². The number of nitrogens with zero attached hydrogens (tertiary/aromatic N) is 1. The highest BCUT2D eigenvalue weighted by Gasteiger charge is 2.04. The van der Waals surface area contributed by atoms with Crippen molar-refractivity contribution in [2.45, 2.75) is 26.3 Å². The average Bonchev–Trinajstić information content (AvgIpc) is 1.99. The third-order valence-corrected chi connectivity index (χ3v) is 1.85. The van der Waals surface area contributed by atoms with E-state index in [9.17, 15) is 4.79 Å². The summed E-state index contributed by atoms with van der Waals surface area (Å²) in [7, 11) is 2.01. The van der Waals surface area contributed by atoms with Crippen LogP contribution in [0.4, 0.5) is 0 Å². The van der Waals surface area contributed by atoms with Crippen molar-refractivity contribution in [2.24, 2.45) is 5.73 Å². The number of carbonyl (C=O) groups is 1. The summed E-state index contributed by atoms with van der Waals surface area (Å²) in [6, 6.07) is 0.501. The van der Waals surface area contributed by atoms with Crippen LogP contribution >= 0.6 is 0 Å². The fraction of sp³-hybridized carbons (Fsp3) is 0.875. The number of hydrogen-bond acceptors (Lipinski definition) is 3. The van der Waals surface area contributed by atoms with Crippen molar-refractivity contribution < 1.29 is 4.79 Å². The molecule has 0 spiro atoms. The van der Waals surface area contributed by atoms with Gasteiger partial charge in [-0.2, -0.15) is 0 Å². The van der Waals surface area contributed by atoms with Gasteiger partial charge in [-0.3, -0.25) is 4.79 Å². The van der Waals surface area contributed by atoms with E-state index < -0.39 is 0 Å². The number of Topliss-reactive ketones (excluding diaryl/α,β-unsaturated/α-hetero) is 1. The van der Waals surface area contributed by atoms with Gasteiger partial charge in [-0.1, -0.05) is 0 Å². The molecular formula is C8H18N2O. The van der Waals surface area contributed by atoms with E-state index in [0.29, 0.717) is 12.5 Å². The molecule has 0 unspecified atom stereocenters. The van der Waals surface area contributed by atoms with Crippen LogP contribution in [0.15, 0.2) is 0 Å². The molecule has 0 saturated heterocycles. The summed E-state index contributed by atoms with van der Waals surface area (Å²) in [6.45, 7) is 5.19. The molecule has 0 saturated carbocycles. The predicted molar refractivity (Wildman–Crippen MR) is 46.4 cm³/mol. The first kappa shape index (κ1) is 10.6. The Morgan fingerprint density at radius 2 is 2.09 bits per heavy atom. The lowest BCUT2D eigenvalue weighted by Crippen LogP contribution is -2.29. The molecule has 11 heavy (non-hydrogen) atoms. The van der Waals surface area contributed by atoms with Gasteiger partial charge in [0.2, 0.25) is 0 Å². The molecule has 0 bridgehead atoms. The average molecular weight is 158 g/mol. The second-order valence-corrected chi connectivity index (χ2v) is 3.07. The summed E-state index contributed by atoms with van der Waals surface area (Å²) in [5, 5.41) is 0. The summed E-state index contributed by atoms with van der Waals surface area (Å²) < 4.78 is 0. The van der Waals surface area contributed by atoms with E-state index >= 15 is 0 Å². The Morgan fingerprint density at radius 1 is 1.55 bits per heavy atom. The van der Waals surface area contributed by atoms with E-state index in [1.54, 1.807) is 0 Å². The van der Waals surface area contributed by atoms with Crippen LogP contribution in [0.2, 0.25) is 0 Å². The highest BCUT2D eigenvalue weighted by atomic mass is 16.1. The van der Waals surface area contributed by atoms with Crippen LogP contribution in [-0.2, 0) is 4.79 Å². The van der Waals surface area contributed by atoms with Crippen LogP contribution in [0.3, 0.4) is 0 Å². The Labute approximate surface area is 68.6 Å². The molecule has 0 aromatic heterocycles. The fourth-order valence-corrected chi connectivity index (χ4v) is 0.661. The van der Waals surface area contributed by atoms with Gasteiger partial charge in [0.1, 0.15) is 5.78 Å². The van der Waals surface area contributed by atoms with Gasteiger partial charge < -0.3 is 10.6 Å². The molecule has 0 atom stereocenters. The van der Waals surface area contributed by atoms with Gasteiger partial charge in [0.05, 0.1) is 6.54 Å². The Bertz CT molecular complexity index is 123. The molecule has 3 nitrogen and oxygen atoms in total. The maximum Gasteiger partial charge on any atom is 0.147 e. The van der Waals surface area contributed by atoms with Crippen molar-refractivity contribution in [3.8, 4) is 0 Å². The van der Waals surface area contributed by atoms with Crippen molar-refractivity contribution >= 4 is 5.78 Å². The minimum atomic E-state index is 0.137. The van der Waals surface area contributed by atoms with E-state index in [0.717, 1.165) is 6.54 Å². The molecule has 0 rings (SSSR count). The van der Waals surface area contributed by atoms with Crippen molar-refractivity contribution in [3.63, 3.8) is 0 Å². The minimum Gasteiger partial charge on any atom is -0.324 e. The Hall–Kier alpha value is -0.410. The normalized spacial score (nSPS) is 11.1. The highest BCUT2D eigenvalue weighted by molar-refractivity contribution is 5.80. The Morgan fingerprint density at radius 3 is 2.45 bits per heavy atom.